The molecule has 0 amide bonds. The number of hydrogen-bond acceptors (Lipinski definition) is 1. The van der Waals surface area contributed by atoms with Gasteiger partial charge in [-0.2, -0.15) is 0 Å². The number of rotatable bonds is 3. The molecule has 4 heteroatoms. The molecule has 0 aliphatic rings. The number of anilines is 2. The second-order valence-corrected chi connectivity index (χ2v) is 4.94. The summed E-state index contributed by atoms with van der Waals surface area (Å²) in [4.78, 5) is 0. The van der Waals surface area contributed by atoms with Gasteiger partial charge in [0.1, 0.15) is 0 Å². The molecule has 0 heterocycles. The molecule has 2 nitrogen and oxygen atoms in total. The van der Waals surface area contributed by atoms with E-state index in [9.17, 15) is 0 Å². The molecule has 2 aromatic rings. The Hall–Kier alpha value is -1.58. The Morgan fingerprint density at radius 3 is 2.42 bits per heavy atom. The second-order valence-electron chi connectivity index (χ2n) is 4.10. The van der Waals surface area contributed by atoms with Gasteiger partial charge in [0, 0.05) is 16.4 Å². The number of aryl methyl sites for hydroxylation is 1. The van der Waals surface area contributed by atoms with Gasteiger partial charge in [-0.3, -0.25) is 0 Å². The summed E-state index contributed by atoms with van der Waals surface area (Å²) in [5.74, 6) is 0. The molecule has 2 aromatic carbocycles. The predicted octanol–water partition coefficient (Wildman–Crippen LogP) is 4.71. The molecule has 0 saturated heterocycles. The van der Waals surface area contributed by atoms with E-state index in [0.29, 0.717) is 10.1 Å². The van der Waals surface area contributed by atoms with Gasteiger partial charge in [-0.1, -0.05) is 36.7 Å². The quantitative estimate of drug-likeness (QED) is 0.801. The Morgan fingerprint density at radius 1 is 1.05 bits per heavy atom. The zero-order valence-corrected chi connectivity index (χ0v) is 12.2. The van der Waals surface area contributed by atoms with Crippen LogP contribution >= 0.6 is 23.8 Å². The highest BCUT2D eigenvalue weighted by atomic mass is 35.5. The Labute approximate surface area is 123 Å². The molecule has 0 fully saturated rings. The van der Waals surface area contributed by atoms with Gasteiger partial charge in [0.25, 0.3) is 0 Å². The van der Waals surface area contributed by atoms with Crippen LogP contribution in [0.25, 0.3) is 0 Å². The lowest BCUT2D eigenvalue weighted by molar-refractivity contribution is 1.14. The summed E-state index contributed by atoms with van der Waals surface area (Å²) in [5.41, 5.74) is 3.19. The molecule has 0 unspecified atom stereocenters. The van der Waals surface area contributed by atoms with E-state index in [1.165, 1.54) is 5.56 Å². The predicted molar refractivity (Wildman–Crippen MR) is 87.1 cm³/mol. The van der Waals surface area contributed by atoms with Crippen LogP contribution < -0.4 is 10.6 Å². The van der Waals surface area contributed by atoms with Crippen molar-refractivity contribution < 1.29 is 0 Å². The fourth-order valence-corrected chi connectivity index (χ4v) is 2.12. The molecule has 0 aromatic heterocycles. The fourth-order valence-electron chi connectivity index (χ4n) is 1.77. The van der Waals surface area contributed by atoms with Gasteiger partial charge >= 0.3 is 0 Å². The highest BCUT2D eigenvalue weighted by Gasteiger charge is 2.02. The van der Waals surface area contributed by atoms with E-state index in [1.807, 2.05) is 42.5 Å². The molecule has 19 heavy (non-hydrogen) atoms. The van der Waals surface area contributed by atoms with Crippen molar-refractivity contribution in [1.82, 2.24) is 0 Å². The van der Waals surface area contributed by atoms with Gasteiger partial charge < -0.3 is 10.6 Å². The van der Waals surface area contributed by atoms with Crippen LogP contribution in [-0.4, -0.2) is 5.11 Å². The van der Waals surface area contributed by atoms with E-state index in [0.717, 1.165) is 17.8 Å². The monoisotopic (exact) mass is 290 g/mol. The summed E-state index contributed by atoms with van der Waals surface area (Å²) < 4.78 is 0. The first-order valence-corrected chi connectivity index (χ1v) is 6.89. The molecule has 0 spiro atoms. The molecule has 2 rings (SSSR count). The zero-order chi connectivity index (χ0) is 13.7. The van der Waals surface area contributed by atoms with Crippen molar-refractivity contribution in [1.29, 1.82) is 0 Å². The number of benzene rings is 2. The molecule has 98 valence electrons. The molecule has 0 radical (unpaired) electrons. The maximum atomic E-state index is 5.84. The average molecular weight is 291 g/mol. The minimum absolute atomic E-state index is 0.572. The third-order valence-electron chi connectivity index (χ3n) is 2.75. The average Bonchev–Trinajstić information content (AvgIpc) is 2.42. The van der Waals surface area contributed by atoms with Crippen molar-refractivity contribution in [3.05, 3.63) is 59.1 Å². The summed E-state index contributed by atoms with van der Waals surface area (Å²) in [6.07, 6.45) is 0.965. The summed E-state index contributed by atoms with van der Waals surface area (Å²) >= 11 is 11.1. The van der Waals surface area contributed by atoms with Gasteiger partial charge in [0.05, 0.1) is 0 Å². The molecule has 0 aliphatic carbocycles. The first-order chi connectivity index (χ1) is 9.19. The van der Waals surface area contributed by atoms with Crippen LogP contribution in [0.1, 0.15) is 12.5 Å². The lowest BCUT2D eigenvalue weighted by Crippen LogP contribution is -2.19. The van der Waals surface area contributed by atoms with E-state index >= 15 is 0 Å². The van der Waals surface area contributed by atoms with Gasteiger partial charge in [0.15, 0.2) is 5.11 Å². The highest BCUT2D eigenvalue weighted by Crippen LogP contribution is 2.17. The molecular formula is C15H15ClN2S. The highest BCUT2D eigenvalue weighted by molar-refractivity contribution is 7.80. The van der Waals surface area contributed by atoms with Crippen LogP contribution in [0.2, 0.25) is 5.02 Å². The molecule has 0 aliphatic heterocycles. The zero-order valence-electron chi connectivity index (χ0n) is 10.6. The molecule has 0 saturated carbocycles. The standard InChI is InChI=1S/C15H15ClN2S/c1-2-11-5-3-4-6-14(11)18-15(19)17-13-9-7-12(16)8-10-13/h3-10H,2H2,1H3,(H2,17,18,19). The lowest BCUT2D eigenvalue weighted by Gasteiger charge is -2.13. The third kappa shape index (κ3) is 3.94. The largest absolute Gasteiger partial charge is 0.332 e. The smallest absolute Gasteiger partial charge is 0.175 e. The molecule has 0 bridgehead atoms. The Kier molecular flexibility index (Phi) is 4.77. The number of para-hydroxylation sites is 1. The summed E-state index contributed by atoms with van der Waals surface area (Å²) in [7, 11) is 0. The first-order valence-electron chi connectivity index (χ1n) is 6.10. The topological polar surface area (TPSA) is 24.1 Å². The Morgan fingerprint density at radius 2 is 1.74 bits per heavy atom. The van der Waals surface area contributed by atoms with E-state index in [2.05, 4.69) is 23.6 Å². The Bertz CT molecular complexity index is 567. The van der Waals surface area contributed by atoms with E-state index in [1.54, 1.807) is 0 Å². The van der Waals surface area contributed by atoms with Crippen molar-refractivity contribution in [2.75, 3.05) is 10.6 Å². The third-order valence-corrected chi connectivity index (χ3v) is 3.20. The van der Waals surface area contributed by atoms with E-state index in [-0.39, 0.29) is 0 Å². The number of hydrogen-bond donors (Lipinski definition) is 2. The second kappa shape index (κ2) is 6.55. The van der Waals surface area contributed by atoms with Crippen molar-refractivity contribution in [3.63, 3.8) is 0 Å². The van der Waals surface area contributed by atoms with E-state index in [4.69, 9.17) is 23.8 Å². The lowest BCUT2D eigenvalue weighted by atomic mass is 10.1. The van der Waals surface area contributed by atoms with Crippen LogP contribution in [-0.2, 0) is 6.42 Å². The van der Waals surface area contributed by atoms with Gasteiger partial charge in [-0.05, 0) is 54.5 Å². The Balaban J connectivity index is 2.03. The SMILES string of the molecule is CCc1ccccc1NC(=S)Nc1ccc(Cl)cc1. The maximum absolute atomic E-state index is 5.84. The normalized spacial score (nSPS) is 10.0. The molecule has 0 atom stereocenters. The van der Waals surface area contributed by atoms with Crippen molar-refractivity contribution in [2.45, 2.75) is 13.3 Å². The van der Waals surface area contributed by atoms with Crippen LogP contribution in [0.15, 0.2) is 48.5 Å². The minimum atomic E-state index is 0.572. The van der Waals surface area contributed by atoms with Crippen LogP contribution in [0.3, 0.4) is 0 Å². The van der Waals surface area contributed by atoms with Gasteiger partial charge in [-0.25, -0.2) is 0 Å². The summed E-state index contributed by atoms with van der Waals surface area (Å²) in [5, 5.41) is 7.62. The fraction of sp³-hybridized carbons (Fsp3) is 0.133. The van der Waals surface area contributed by atoms with Gasteiger partial charge in [-0.15, -0.1) is 0 Å². The molecular weight excluding hydrogens is 276 g/mol. The van der Waals surface area contributed by atoms with Crippen molar-refractivity contribution >= 4 is 40.3 Å². The van der Waals surface area contributed by atoms with Gasteiger partial charge in [0.2, 0.25) is 0 Å². The van der Waals surface area contributed by atoms with Crippen molar-refractivity contribution in [3.8, 4) is 0 Å². The number of halogens is 1. The number of nitrogens with one attached hydrogen (secondary N) is 2. The maximum Gasteiger partial charge on any atom is 0.175 e. The first kappa shape index (κ1) is 13.8. The van der Waals surface area contributed by atoms with Crippen LogP contribution in [0.5, 0.6) is 0 Å². The van der Waals surface area contributed by atoms with E-state index < -0.39 is 0 Å². The summed E-state index contributed by atoms with van der Waals surface area (Å²) in [6, 6.07) is 15.6. The van der Waals surface area contributed by atoms with Crippen LogP contribution in [0, 0.1) is 0 Å². The summed E-state index contributed by atoms with van der Waals surface area (Å²) in [6.45, 7) is 2.12. The minimum Gasteiger partial charge on any atom is -0.332 e. The van der Waals surface area contributed by atoms with Crippen molar-refractivity contribution in [2.24, 2.45) is 0 Å². The van der Waals surface area contributed by atoms with Crippen LogP contribution in [0.4, 0.5) is 11.4 Å². The number of thiocarbonyl (C=S) groups is 1. The molecule has 2 N–H and O–H groups in total.